The average molecular weight is 294 g/mol. The number of benzene rings is 2. The molecule has 0 bridgehead atoms. The first-order chi connectivity index (χ1) is 10.0. The van der Waals surface area contributed by atoms with Crippen molar-refractivity contribution < 1.29 is 23.4 Å². The van der Waals surface area contributed by atoms with Crippen LogP contribution in [0.4, 0.5) is 8.78 Å². The SMILES string of the molecule is COc1cccc(COc2ccc(F)cc2C(C)O)c1F. The van der Waals surface area contributed by atoms with Gasteiger partial charge >= 0.3 is 0 Å². The summed E-state index contributed by atoms with van der Waals surface area (Å²) in [6.07, 6.45) is -0.883. The molecule has 0 amide bonds. The summed E-state index contributed by atoms with van der Waals surface area (Å²) in [5.74, 6) is -0.522. The van der Waals surface area contributed by atoms with Gasteiger partial charge in [0, 0.05) is 11.1 Å². The highest BCUT2D eigenvalue weighted by Gasteiger charge is 2.13. The van der Waals surface area contributed by atoms with Crippen LogP contribution >= 0.6 is 0 Å². The van der Waals surface area contributed by atoms with E-state index >= 15 is 0 Å². The first kappa shape index (κ1) is 15.3. The van der Waals surface area contributed by atoms with Crippen LogP contribution in [0.1, 0.15) is 24.2 Å². The lowest BCUT2D eigenvalue weighted by atomic mass is 10.1. The van der Waals surface area contributed by atoms with Gasteiger partial charge in [0.15, 0.2) is 11.6 Å². The predicted octanol–water partition coefficient (Wildman–Crippen LogP) is 3.61. The molecule has 0 radical (unpaired) electrons. The molecule has 2 aromatic rings. The van der Waals surface area contributed by atoms with Crippen LogP contribution in [0, 0.1) is 11.6 Å². The Morgan fingerprint density at radius 3 is 2.57 bits per heavy atom. The minimum absolute atomic E-state index is 0.0472. The van der Waals surface area contributed by atoms with Crippen molar-refractivity contribution in [2.24, 2.45) is 0 Å². The van der Waals surface area contributed by atoms with E-state index in [1.54, 1.807) is 12.1 Å². The fraction of sp³-hybridized carbons (Fsp3) is 0.250. The van der Waals surface area contributed by atoms with Crippen LogP contribution in [0.5, 0.6) is 11.5 Å². The molecule has 0 aromatic heterocycles. The standard InChI is InChI=1S/C16H16F2O3/c1-10(19)13-8-12(17)6-7-14(13)21-9-11-4-3-5-15(20-2)16(11)18/h3-8,10,19H,9H2,1-2H3. The van der Waals surface area contributed by atoms with Gasteiger partial charge < -0.3 is 14.6 Å². The van der Waals surface area contributed by atoms with E-state index < -0.39 is 17.7 Å². The highest BCUT2D eigenvalue weighted by Crippen LogP contribution is 2.28. The first-order valence-electron chi connectivity index (χ1n) is 6.44. The number of rotatable bonds is 5. The highest BCUT2D eigenvalue weighted by molar-refractivity contribution is 5.36. The molecule has 0 aliphatic rings. The molecule has 0 heterocycles. The molecule has 0 fully saturated rings. The molecule has 1 N–H and O–H groups in total. The summed E-state index contributed by atoms with van der Waals surface area (Å²) in [6.45, 7) is 1.46. The van der Waals surface area contributed by atoms with Crippen LogP contribution in [-0.2, 0) is 6.61 Å². The molecule has 3 nitrogen and oxygen atoms in total. The number of hydrogen-bond acceptors (Lipinski definition) is 3. The van der Waals surface area contributed by atoms with Gasteiger partial charge in [0.25, 0.3) is 0 Å². The van der Waals surface area contributed by atoms with Crippen LogP contribution in [0.2, 0.25) is 0 Å². The van der Waals surface area contributed by atoms with Crippen molar-refractivity contribution >= 4 is 0 Å². The Morgan fingerprint density at radius 2 is 1.90 bits per heavy atom. The van der Waals surface area contributed by atoms with Gasteiger partial charge in [-0.1, -0.05) is 12.1 Å². The summed E-state index contributed by atoms with van der Waals surface area (Å²) in [5, 5.41) is 9.62. The summed E-state index contributed by atoms with van der Waals surface area (Å²) in [6, 6.07) is 8.57. The lowest BCUT2D eigenvalue weighted by Crippen LogP contribution is -2.04. The molecular weight excluding hydrogens is 278 g/mol. The summed E-state index contributed by atoms with van der Waals surface area (Å²) in [4.78, 5) is 0. The minimum atomic E-state index is -0.883. The molecule has 112 valence electrons. The van der Waals surface area contributed by atoms with E-state index in [1.807, 2.05) is 0 Å². The molecule has 21 heavy (non-hydrogen) atoms. The number of aliphatic hydroxyl groups is 1. The molecule has 2 rings (SSSR count). The lowest BCUT2D eigenvalue weighted by Gasteiger charge is -2.14. The third-order valence-electron chi connectivity index (χ3n) is 3.07. The summed E-state index contributed by atoms with van der Waals surface area (Å²) >= 11 is 0. The summed E-state index contributed by atoms with van der Waals surface area (Å²) in [7, 11) is 1.38. The molecule has 5 heteroatoms. The normalized spacial score (nSPS) is 12.0. The maximum atomic E-state index is 14.0. The monoisotopic (exact) mass is 294 g/mol. The Labute approximate surface area is 121 Å². The minimum Gasteiger partial charge on any atom is -0.494 e. The van der Waals surface area contributed by atoms with Gasteiger partial charge in [-0.05, 0) is 31.2 Å². The van der Waals surface area contributed by atoms with E-state index in [4.69, 9.17) is 9.47 Å². The van der Waals surface area contributed by atoms with Crippen LogP contribution < -0.4 is 9.47 Å². The Kier molecular flexibility index (Phi) is 4.75. The molecule has 1 atom stereocenters. The Morgan fingerprint density at radius 1 is 1.14 bits per heavy atom. The maximum absolute atomic E-state index is 14.0. The summed E-state index contributed by atoms with van der Waals surface area (Å²) < 4.78 is 37.6. The maximum Gasteiger partial charge on any atom is 0.171 e. The predicted molar refractivity (Wildman–Crippen MR) is 74.3 cm³/mol. The smallest absolute Gasteiger partial charge is 0.171 e. The van der Waals surface area contributed by atoms with E-state index in [9.17, 15) is 13.9 Å². The van der Waals surface area contributed by atoms with E-state index in [0.29, 0.717) is 16.9 Å². The highest BCUT2D eigenvalue weighted by atomic mass is 19.1. The van der Waals surface area contributed by atoms with Gasteiger partial charge in [-0.25, -0.2) is 8.78 Å². The van der Waals surface area contributed by atoms with E-state index in [-0.39, 0.29) is 12.4 Å². The average Bonchev–Trinajstić information content (AvgIpc) is 2.47. The largest absolute Gasteiger partial charge is 0.494 e. The zero-order chi connectivity index (χ0) is 15.4. The van der Waals surface area contributed by atoms with Gasteiger partial charge in [-0.2, -0.15) is 0 Å². The van der Waals surface area contributed by atoms with Crippen LogP contribution in [0.15, 0.2) is 36.4 Å². The van der Waals surface area contributed by atoms with E-state index in [0.717, 1.165) is 0 Å². The zero-order valence-corrected chi connectivity index (χ0v) is 11.8. The fourth-order valence-corrected chi connectivity index (χ4v) is 1.96. The van der Waals surface area contributed by atoms with Crippen molar-refractivity contribution in [3.05, 3.63) is 59.2 Å². The van der Waals surface area contributed by atoms with Crippen molar-refractivity contribution in [3.8, 4) is 11.5 Å². The van der Waals surface area contributed by atoms with Gasteiger partial charge in [-0.3, -0.25) is 0 Å². The van der Waals surface area contributed by atoms with Crippen molar-refractivity contribution in [2.45, 2.75) is 19.6 Å². The van der Waals surface area contributed by atoms with Crippen molar-refractivity contribution in [1.29, 1.82) is 0 Å². The molecule has 2 aromatic carbocycles. The number of aliphatic hydroxyl groups excluding tert-OH is 1. The quantitative estimate of drug-likeness (QED) is 0.915. The van der Waals surface area contributed by atoms with Crippen molar-refractivity contribution in [3.63, 3.8) is 0 Å². The van der Waals surface area contributed by atoms with E-state index in [2.05, 4.69) is 0 Å². The van der Waals surface area contributed by atoms with Crippen molar-refractivity contribution in [1.82, 2.24) is 0 Å². The summed E-state index contributed by atoms with van der Waals surface area (Å²) in [5.41, 5.74) is 0.633. The number of hydrogen-bond donors (Lipinski definition) is 1. The number of halogens is 2. The lowest BCUT2D eigenvalue weighted by molar-refractivity contribution is 0.189. The van der Waals surface area contributed by atoms with Gasteiger partial charge in [0.1, 0.15) is 18.2 Å². The number of methoxy groups -OCH3 is 1. The third kappa shape index (κ3) is 3.49. The third-order valence-corrected chi connectivity index (χ3v) is 3.07. The molecule has 0 spiro atoms. The Bertz CT molecular complexity index is 627. The van der Waals surface area contributed by atoms with E-state index in [1.165, 1.54) is 38.3 Å². The van der Waals surface area contributed by atoms with Crippen LogP contribution in [-0.4, -0.2) is 12.2 Å². The molecule has 0 saturated heterocycles. The topological polar surface area (TPSA) is 38.7 Å². The molecule has 0 saturated carbocycles. The Balaban J connectivity index is 2.21. The number of ether oxygens (including phenoxy) is 2. The van der Waals surface area contributed by atoms with Gasteiger partial charge in [-0.15, -0.1) is 0 Å². The zero-order valence-electron chi connectivity index (χ0n) is 11.8. The molecule has 1 unspecified atom stereocenters. The second kappa shape index (κ2) is 6.54. The van der Waals surface area contributed by atoms with Gasteiger partial charge in [0.2, 0.25) is 0 Å². The van der Waals surface area contributed by atoms with Crippen LogP contribution in [0.3, 0.4) is 0 Å². The van der Waals surface area contributed by atoms with Crippen LogP contribution in [0.25, 0.3) is 0 Å². The van der Waals surface area contributed by atoms with Gasteiger partial charge in [0.05, 0.1) is 13.2 Å². The molecule has 0 aliphatic carbocycles. The molecular formula is C16H16F2O3. The first-order valence-corrected chi connectivity index (χ1v) is 6.44. The Hall–Kier alpha value is -2.14. The second-order valence-electron chi connectivity index (χ2n) is 4.58. The fourth-order valence-electron chi connectivity index (χ4n) is 1.96. The second-order valence-corrected chi connectivity index (χ2v) is 4.58. The molecule has 0 aliphatic heterocycles. The van der Waals surface area contributed by atoms with Crippen molar-refractivity contribution in [2.75, 3.05) is 7.11 Å².